The van der Waals surface area contributed by atoms with Gasteiger partial charge in [-0.15, -0.1) is 0 Å². The van der Waals surface area contributed by atoms with Crippen molar-refractivity contribution in [1.82, 2.24) is 5.43 Å². The zero-order valence-corrected chi connectivity index (χ0v) is 8.09. The van der Waals surface area contributed by atoms with Crippen molar-refractivity contribution in [2.45, 2.75) is 6.61 Å². The van der Waals surface area contributed by atoms with Gasteiger partial charge in [-0.1, -0.05) is 11.6 Å². The summed E-state index contributed by atoms with van der Waals surface area (Å²) in [6, 6.07) is 3.67. The van der Waals surface area contributed by atoms with Crippen LogP contribution >= 0.6 is 11.6 Å². The molecule has 0 atom stereocenters. The first-order valence-electron chi connectivity index (χ1n) is 3.80. The lowest BCUT2D eigenvalue weighted by molar-refractivity contribution is -0.0501. The highest BCUT2D eigenvalue weighted by atomic mass is 35.5. The summed E-state index contributed by atoms with van der Waals surface area (Å²) in [5.41, 5.74) is 1.65. The van der Waals surface area contributed by atoms with Gasteiger partial charge in [0.1, 0.15) is 5.75 Å². The quantitative estimate of drug-likeness (QED) is 0.475. The number of amides is 1. The maximum Gasteiger partial charge on any atom is 0.387 e. The van der Waals surface area contributed by atoms with Gasteiger partial charge in [0, 0.05) is 5.02 Å². The molecule has 0 radical (unpaired) electrons. The second-order valence-electron chi connectivity index (χ2n) is 2.49. The van der Waals surface area contributed by atoms with Crippen molar-refractivity contribution in [3.63, 3.8) is 0 Å². The van der Waals surface area contributed by atoms with Gasteiger partial charge in [-0.25, -0.2) is 5.84 Å². The van der Waals surface area contributed by atoms with Gasteiger partial charge in [-0.05, 0) is 18.2 Å². The van der Waals surface area contributed by atoms with Crippen LogP contribution in [0.2, 0.25) is 5.02 Å². The van der Waals surface area contributed by atoms with E-state index in [9.17, 15) is 13.6 Å². The zero-order valence-electron chi connectivity index (χ0n) is 7.34. The third kappa shape index (κ3) is 3.03. The normalized spacial score (nSPS) is 10.2. The molecule has 1 amide bonds. The van der Waals surface area contributed by atoms with E-state index in [-0.39, 0.29) is 16.3 Å². The molecular formula is C8H7ClF2N2O2. The van der Waals surface area contributed by atoms with Gasteiger partial charge >= 0.3 is 6.61 Å². The number of ether oxygens (including phenoxy) is 1. The molecule has 1 rings (SSSR count). The summed E-state index contributed by atoms with van der Waals surface area (Å²) >= 11 is 5.59. The Kier molecular flexibility index (Phi) is 3.81. The molecule has 0 spiro atoms. The second kappa shape index (κ2) is 4.90. The highest BCUT2D eigenvalue weighted by Gasteiger charge is 2.15. The Labute approximate surface area is 88.9 Å². The lowest BCUT2D eigenvalue weighted by atomic mass is 10.2. The topological polar surface area (TPSA) is 64.3 Å². The number of halogens is 3. The summed E-state index contributed by atoms with van der Waals surface area (Å²) in [5, 5.41) is 0.218. The molecule has 0 unspecified atom stereocenters. The van der Waals surface area contributed by atoms with E-state index in [0.717, 1.165) is 0 Å². The molecule has 0 saturated heterocycles. The number of nitrogens with one attached hydrogen (secondary N) is 1. The first-order valence-corrected chi connectivity index (χ1v) is 4.17. The molecule has 0 aromatic heterocycles. The van der Waals surface area contributed by atoms with Crippen molar-refractivity contribution < 1.29 is 18.3 Å². The summed E-state index contributed by atoms with van der Waals surface area (Å²) in [6.07, 6.45) is 0. The average Bonchev–Trinajstić information content (AvgIpc) is 2.19. The third-order valence-corrected chi connectivity index (χ3v) is 1.77. The Bertz CT molecular complexity index is 374. The number of hydrogen-bond acceptors (Lipinski definition) is 3. The SMILES string of the molecule is NNC(=O)c1cc(Cl)ccc1OC(F)F. The molecule has 0 aliphatic rings. The predicted molar refractivity (Wildman–Crippen MR) is 49.7 cm³/mol. The summed E-state index contributed by atoms with van der Waals surface area (Å²) in [7, 11) is 0. The van der Waals surface area contributed by atoms with Crippen molar-refractivity contribution in [3.8, 4) is 5.75 Å². The molecule has 7 heteroatoms. The van der Waals surface area contributed by atoms with E-state index in [1.165, 1.54) is 18.2 Å². The summed E-state index contributed by atoms with van der Waals surface area (Å²) in [6.45, 7) is -3.02. The van der Waals surface area contributed by atoms with Crippen molar-refractivity contribution in [2.24, 2.45) is 5.84 Å². The molecule has 1 aromatic rings. The van der Waals surface area contributed by atoms with Crippen LogP contribution in [0.1, 0.15) is 10.4 Å². The fraction of sp³-hybridized carbons (Fsp3) is 0.125. The maximum atomic E-state index is 12.0. The van der Waals surface area contributed by atoms with Crippen molar-refractivity contribution >= 4 is 17.5 Å². The molecular weight excluding hydrogens is 230 g/mol. The van der Waals surface area contributed by atoms with Gasteiger partial charge in [0.25, 0.3) is 5.91 Å². The van der Waals surface area contributed by atoms with Crippen LogP contribution in [-0.2, 0) is 0 Å². The first-order chi connectivity index (χ1) is 7.04. The Morgan fingerprint density at radius 1 is 1.53 bits per heavy atom. The number of hydrogen-bond donors (Lipinski definition) is 2. The van der Waals surface area contributed by atoms with E-state index < -0.39 is 12.5 Å². The molecule has 3 N–H and O–H groups in total. The predicted octanol–water partition coefficient (Wildman–Crippen LogP) is 1.54. The van der Waals surface area contributed by atoms with Crippen molar-refractivity contribution in [1.29, 1.82) is 0 Å². The van der Waals surface area contributed by atoms with Crippen LogP contribution in [0.3, 0.4) is 0 Å². The van der Waals surface area contributed by atoms with E-state index in [1.807, 2.05) is 0 Å². The molecule has 4 nitrogen and oxygen atoms in total. The van der Waals surface area contributed by atoms with Crippen LogP contribution in [0.25, 0.3) is 0 Å². The van der Waals surface area contributed by atoms with Crippen molar-refractivity contribution in [2.75, 3.05) is 0 Å². The van der Waals surface area contributed by atoms with Gasteiger partial charge in [-0.2, -0.15) is 8.78 Å². The number of benzene rings is 1. The fourth-order valence-electron chi connectivity index (χ4n) is 0.956. The van der Waals surface area contributed by atoms with Gasteiger partial charge in [0.2, 0.25) is 0 Å². The number of carbonyl (C=O) groups is 1. The Hall–Kier alpha value is -1.40. The fourth-order valence-corrected chi connectivity index (χ4v) is 1.13. The van der Waals surface area contributed by atoms with Crippen LogP contribution in [0.15, 0.2) is 18.2 Å². The minimum Gasteiger partial charge on any atom is -0.434 e. The molecule has 15 heavy (non-hydrogen) atoms. The minimum absolute atomic E-state index is 0.148. The molecule has 0 aliphatic heterocycles. The van der Waals surface area contributed by atoms with Crippen LogP contribution in [-0.4, -0.2) is 12.5 Å². The third-order valence-electron chi connectivity index (χ3n) is 1.53. The number of nitrogens with two attached hydrogens (primary N) is 1. The highest BCUT2D eigenvalue weighted by Crippen LogP contribution is 2.24. The smallest absolute Gasteiger partial charge is 0.387 e. The van der Waals surface area contributed by atoms with E-state index in [2.05, 4.69) is 4.74 Å². The molecule has 0 aliphatic carbocycles. The lowest BCUT2D eigenvalue weighted by Crippen LogP contribution is -2.30. The van der Waals surface area contributed by atoms with E-state index in [1.54, 1.807) is 5.43 Å². The molecule has 0 heterocycles. The van der Waals surface area contributed by atoms with E-state index in [4.69, 9.17) is 17.4 Å². The lowest BCUT2D eigenvalue weighted by Gasteiger charge is -2.09. The van der Waals surface area contributed by atoms with Crippen molar-refractivity contribution in [3.05, 3.63) is 28.8 Å². The summed E-state index contributed by atoms with van der Waals surface area (Å²) in [5.74, 6) is 3.83. The Morgan fingerprint density at radius 2 is 2.20 bits per heavy atom. The Balaban J connectivity index is 3.08. The van der Waals surface area contributed by atoms with E-state index >= 15 is 0 Å². The standard InChI is InChI=1S/C8H7ClF2N2O2/c9-4-1-2-6(15-8(10)11)5(3-4)7(14)13-12/h1-3,8H,12H2,(H,13,14). The summed E-state index contributed by atoms with van der Waals surface area (Å²) in [4.78, 5) is 11.1. The molecule has 0 saturated carbocycles. The maximum absolute atomic E-state index is 12.0. The molecule has 82 valence electrons. The zero-order chi connectivity index (χ0) is 11.4. The number of carbonyl (C=O) groups excluding carboxylic acids is 1. The van der Waals surface area contributed by atoms with Crippen LogP contribution < -0.4 is 16.0 Å². The van der Waals surface area contributed by atoms with Gasteiger partial charge < -0.3 is 4.74 Å². The van der Waals surface area contributed by atoms with Crippen LogP contribution in [0, 0.1) is 0 Å². The highest BCUT2D eigenvalue weighted by molar-refractivity contribution is 6.31. The second-order valence-corrected chi connectivity index (χ2v) is 2.93. The molecule has 1 aromatic carbocycles. The van der Waals surface area contributed by atoms with E-state index in [0.29, 0.717) is 0 Å². The van der Waals surface area contributed by atoms with Gasteiger partial charge in [-0.3, -0.25) is 10.2 Å². The number of hydrazine groups is 1. The number of nitrogen functional groups attached to an aromatic ring is 1. The van der Waals surface area contributed by atoms with Gasteiger partial charge in [0.05, 0.1) is 5.56 Å². The van der Waals surface area contributed by atoms with Gasteiger partial charge in [0.15, 0.2) is 0 Å². The average molecular weight is 237 g/mol. The first kappa shape index (κ1) is 11.7. The monoisotopic (exact) mass is 236 g/mol. The number of alkyl halides is 2. The largest absolute Gasteiger partial charge is 0.434 e. The van der Waals surface area contributed by atoms with Crippen LogP contribution in [0.5, 0.6) is 5.75 Å². The Morgan fingerprint density at radius 3 is 2.73 bits per heavy atom. The summed E-state index contributed by atoms with van der Waals surface area (Å²) < 4.78 is 28.0. The minimum atomic E-state index is -3.02. The van der Waals surface area contributed by atoms with Crippen LogP contribution in [0.4, 0.5) is 8.78 Å². The molecule has 0 bridgehead atoms. The molecule has 0 fully saturated rings. The number of rotatable bonds is 3.